The van der Waals surface area contributed by atoms with Gasteiger partial charge in [0.05, 0.1) is 11.8 Å². The highest BCUT2D eigenvalue weighted by Crippen LogP contribution is 2.29. The van der Waals surface area contributed by atoms with Gasteiger partial charge in [-0.05, 0) is 72.8 Å². The number of aromatic nitrogens is 1. The maximum atomic E-state index is 13.4. The second-order valence-corrected chi connectivity index (χ2v) is 9.41. The number of furan rings is 1. The van der Waals surface area contributed by atoms with Gasteiger partial charge in [0.1, 0.15) is 11.4 Å². The van der Waals surface area contributed by atoms with Crippen LogP contribution in [0.2, 0.25) is 0 Å². The average molecular weight is 488 g/mol. The zero-order chi connectivity index (χ0) is 24.9. The number of fused-ring (bicyclic) bond motifs is 1. The van der Waals surface area contributed by atoms with Crippen LogP contribution in [0, 0.1) is 5.82 Å². The Morgan fingerprint density at radius 2 is 1.75 bits per heavy atom. The smallest absolute Gasteiger partial charge is 0.337 e. The number of hydrogen-bond acceptors (Lipinski definition) is 5. The summed E-state index contributed by atoms with van der Waals surface area (Å²) >= 11 is 0. The predicted octanol–water partition coefficient (Wildman–Crippen LogP) is 5.13. The maximum absolute atomic E-state index is 13.4. The minimum absolute atomic E-state index is 0.164. The van der Waals surface area contributed by atoms with Gasteiger partial charge in [0, 0.05) is 56.1 Å². The number of hydrogen-bond donors (Lipinski definition) is 1. The van der Waals surface area contributed by atoms with E-state index in [2.05, 4.69) is 20.9 Å². The fourth-order valence-electron chi connectivity index (χ4n) is 4.88. The lowest BCUT2D eigenvalue weighted by Gasteiger charge is -2.34. The summed E-state index contributed by atoms with van der Waals surface area (Å²) in [5.74, 6) is -1.15. The maximum Gasteiger partial charge on any atom is 0.337 e. The summed E-state index contributed by atoms with van der Waals surface area (Å²) in [5.41, 5.74) is 4.94. The van der Waals surface area contributed by atoms with Crippen LogP contribution in [-0.4, -0.2) is 65.1 Å². The van der Waals surface area contributed by atoms with Crippen molar-refractivity contribution in [3.63, 3.8) is 0 Å². The molecule has 7 heteroatoms. The molecule has 0 amide bonds. The van der Waals surface area contributed by atoms with Crippen LogP contribution < -0.4 is 0 Å². The number of carboxylic acid groups (broad SMARTS) is 1. The summed E-state index contributed by atoms with van der Waals surface area (Å²) in [7, 11) is 0. The largest absolute Gasteiger partial charge is 0.478 e. The predicted molar refractivity (Wildman–Crippen MR) is 138 cm³/mol. The van der Waals surface area contributed by atoms with Crippen molar-refractivity contribution in [2.75, 3.05) is 39.3 Å². The second-order valence-electron chi connectivity index (χ2n) is 9.41. The Kier molecular flexibility index (Phi) is 7.39. The minimum Gasteiger partial charge on any atom is -0.478 e. The third kappa shape index (κ3) is 5.80. The Balaban J connectivity index is 1.13. The molecule has 3 heterocycles. The fourth-order valence-corrected chi connectivity index (χ4v) is 4.88. The molecule has 0 aliphatic carbocycles. The molecule has 0 saturated carbocycles. The highest BCUT2D eigenvalue weighted by atomic mass is 19.1. The normalized spacial score (nSPS) is 14.9. The molecule has 0 bridgehead atoms. The molecule has 2 aromatic heterocycles. The summed E-state index contributed by atoms with van der Waals surface area (Å²) < 4.78 is 19.2. The van der Waals surface area contributed by atoms with Crippen molar-refractivity contribution >= 4 is 16.9 Å². The van der Waals surface area contributed by atoms with Gasteiger partial charge in [-0.15, -0.1) is 0 Å². The van der Waals surface area contributed by atoms with Crippen molar-refractivity contribution in [2.45, 2.75) is 19.3 Å². The summed E-state index contributed by atoms with van der Waals surface area (Å²) in [6, 6.07) is 14.5. The standard InChI is InChI=1S/C29H30FN3O3/c30-26-5-1-3-21(15-26)8-10-33-13-11-32(12-14-33)9-2-4-23-20-36-28-7-6-22(17-27(23)28)24-16-25(29(34)35)19-31-18-24/h1,3,5-7,15-20H,2,4,8-14H2,(H,34,35). The molecule has 4 aromatic rings. The third-order valence-corrected chi connectivity index (χ3v) is 6.96. The summed E-state index contributed by atoms with van der Waals surface area (Å²) in [4.78, 5) is 20.4. The lowest BCUT2D eigenvalue weighted by atomic mass is 10.0. The monoisotopic (exact) mass is 487 g/mol. The first-order valence-electron chi connectivity index (χ1n) is 12.4. The Morgan fingerprint density at radius 3 is 2.53 bits per heavy atom. The molecule has 1 fully saturated rings. The number of piperazine rings is 1. The average Bonchev–Trinajstić information content (AvgIpc) is 3.30. The molecular formula is C29H30FN3O3. The Labute approximate surface area is 210 Å². The Morgan fingerprint density at radius 1 is 0.944 bits per heavy atom. The van der Waals surface area contributed by atoms with Crippen LogP contribution in [-0.2, 0) is 12.8 Å². The lowest BCUT2D eigenvalue weighted by molar-refractivity contribution is 0.0696. The molecule has 0 radical (unpaired) electrons. The number of carboxylic acids is 1. The SMILES string of the molecule is O=C(O)c1cncc(-c2ccc3occ(CCCN4CCN(CCc5cccc(F)c5)CC4)c3c2)c1. The number of rotatable bonds is 9. The second kappa shape index (κ2) is 11.0. The molecule has 5 rings (SSSR count). The highest BCUT2D eigenvalue weighted by Gasteiger charge is 2.17. The molecule has 186 valence electrons. The van der Waals surface area contributed by atoms with Crippen LogP contribution in [0.5, 0.6) is 0 Å². The van der Waals surface area contributed by atoms with Gasteiger partial charge >= 0.3 is 5.97 Å². The third-order valence-electron chi connectivity index (χ3n) is 6.96. The molecule has 0 atom stereocenters. The molecule has 36 heavy (non-hydrogen) atoms. The molecule has 2 aromatic carbocycles. The number of benzene rings is 2. The van der Waals surface area contributed by atoms with Gasteiger partial charge < -0.3 is 19.3 Å². The summed E-state index contributed by atoms with van der Waals surface area (Å²) in [6.07, 6.45) is 7.72. The molecule has 1 N–H and O–H groups in total. The first-order valence-corrected chi connectivity index (χ1v) is 12.4. The lowest BCUT2D eigenvalue weighted by Crippen LogP contribution is -2.47. The van der Waals surface area contributed by atoms with Gasteiger partial charge in [-0.1, -0.05) is 18.2 Å². The number of halogens is 1. The molecule has 1 aliphatic rings. The van der Waals surface area contributed by atoms with Gasteiger partial charge in [0.25, 0.3) is 0 Å². The van der Waals surface area contributed by atoms with Gasteiger partial charge in [0.15, 0.2) is 0 Å². The zero-order valence-corrected chi connectivity index (χ0v) is 20.2. The van der Waals surface area contributed by atoms with E-state index in [1.54, 1.807) is 24.4 Å². The van der Waals surface area contributed by atoms with E-state index in [-0.39, 0.29) is 11.4 Å². The molecule has 6 nitrogen and oxygen atoms in total. The summed E-state index contributed by atoms with van der Waals surface area (Å²) in [6.45, 7) is 6.17. The number of carbonyl (C=O) groups is 1. The van der Waals surface area contributed by atoms with E-state index in [1.165, 1.54) is 17.8 Å². The van der Waals surface area contributed by atoms with Crippen molar-refractivity contribution in [2.24, 2.45) is 0 Å². The van der Waals surface area contributed by atoms with Crippen LogP contribution >= 0.6 is 0 Å². The Hall–Kier alpha value is -3.55. The zero-order valence-electron chi connectivity index (χ0n) is 20.2. The first-order chi connectivity index (χ1) is 17.5. The van der Waals surface area contributed by atoms with E-state index >= 15 is 0 Å². The molecular weight excluding hydrogens is 457 g/mol. The van der Waals surface area contributed by atoms with E-state index in [4.69, 9.17) is 4.42 Å². The van der Waals surface area contributed by atoms with Gasteiger partial charge in [0.2, 0.25) is 0 Å². The van der Waals surface area contributed by atoms with Crippen LogP contribution in [0.1, 0.15) is 27.9 Å². The fraction of sp³-hybridized carbons (Fsp3) is 0.310. The Bertz CT molecular complexity index is 1340. The minimum atomic E-state index is -0.984. The van der Waals surface area contributed by atoms with E-state index < -0.39 is 5.97 Å². The molecule has 1 saturated heterocycles. The van der Waals surface area contributed by atoms with E-state index in [9.17, 15) is 14.3 Å². The van der Waals surface area contributed by atoms with Crippen molar-refractivity contribution in [3.05, 3.63) is 89.7 Å². The number of nitrogens with zero attached hydrogens (tertiary/aromatic N) is 3. The number of aromatic carboxylic acids is 1. The topological polar surface area (TPSA) is 69.8 Å². The molecule has 0 unspecified atom stereocenters. The molecule has 0 spiro atoms. The summed E-state index contributed by atoms with van der Waals surface area (Å²) in [5, 5.41) is 10.3. The number of pyridine rings is 1. The van der Waals surface area contributed by atoms with Gasteiger partial charge in [-0.2, -0.15) is 0 Å². The van der Waals surface area contributed by atoms with E-state index in [0.29, 0.717) is 0 Å². The van der Waals surface area contributed by atoms with Crippen LogP contribution in [0.4, 0.5) is 4.39 Å². The van der Waals surface area contributed by atoms with Crippen molar-refractivity contribution in [1.82, 2.24) is 14.8 Å². The van der Waals surface area contributed by atoms with Crippen molar-refractivity contribution in [3.8, 4) is 11.1 Å². The number of aryl methyl sites for hydroxylation is 1. The first kappa shape index (κ1) is 24.2. The van der Waals surface area contributed by atoms with Crippen molar-refractivity contribution in [1.29, 1.82) is 0 Å². The quantitative estimate of drug-likeness (QED) is 0.353. The van der Waals surface area contributed by atoms with Crippen LogP contribution in [0.25, 0.3) is 22.1 Å². The highest BCUT2D eigenvalue weighted by molar-refractivity contribution is 5.90. The van der Waals surface area contributed by atoms with Gasteiger partial charge in [-0.3, -0.25) is 4.98 Å². The van der Waals surface area contributed by atoms with Crippen LogP contribution in [0.3, 0.4) is 0 Å². The van der Waals surface area contributed by atoms with E-state index in [1.807, 2.05) is 24.5 Å². The van der Waals surface area contributed by atoms with Crippen molar-refractivity contribution < 1.29 is 18.7 Å². The van der Waals surface area contributed by atoms with E-state index in [0.717, 1.165) is 86.2 Å². The van der Waals surface area contributed by atoms with Crippen LogP contribution in [0.15, 0.2) is 71.6 Å². The van der Waals surface area contributed by atoms with Gasteiger partial charge in [-0.25, -0.2) is 9.18 Å². The molecule has 1 aliphatic heterocycles.